The largest absolute Gasteiger partial charge is 0.397 e. The number of aromatic nitrogens is 1. The number of benzene rings is 1. The normalized spacial score (nSPS) is 10.3. The van der Waals surface area contributed by atoms with Gasteiger partial charge >= 0.3 is 0 Å². The number of pyridine rings is 1. The predicted molar refractivity (Wildman–Crippen MR) is 63.6 cm³/mol. The lowest BCUT2D eigenvalue weighted by atomic mass is 10.0. The van der Waals surface area contributed by atoms with Crippen molar-refractivity contribution in [3.8, 4) is 11.3 Å². The smallest absolute Gasteiger partial charge is 0.0706 e. The molecule has 0 unspecified atom stereocenters. The van der Waals surface area contributed by atoms with Crippen molar-refractivity contribution in [2.45, 2.75) is 13.8 Å². The van der Waals surface area contributed by atoms with E-state index in [1.54, 1.807) is 6.20 Å². The van der Waals surface area contributed by atoms with Crippen LogP contribution in [0.3, 0.4) is 0 Å². The Morgan fingerprint density at radius 2 is 1.87 bits per heavy atom. The number of aryl methyl sites for hydroxylation is 2. The first-order valence-corrected chi connectivity index (χ1v) is 4.96. The van der Waals surface area contributed by atoms with Gasteiger partial charge in [-0.25, -0.2) is 0 Å². The van der Waals surface area contributed by atoms with E-state index >= 15 is 0 Å². The fourth-order valence-corrected chi connectivity index (χ4v) is 1.67. The van der Waals surface area contributed by atoms with Gasteiger partial charge in [-0.3, -0.25) is 4.98 Å². The molecule has 0 aliphatic carbocycles. The summed E-state index contributed by atoms with van der Waals surface area (Å²) < 4.78 is 0. The summed E-state index contributed by atoms with van der Waals surface area (Å²) in [5.74, 6) is 0. The summed E-state index contributed by atoms with van der Waals surface area (Å²) in [5.41, 5.74) is 11.0. The quantitative estimate of drug-likeness (QED) is 0.765. The molecule has 0 amide bonds. The molecule has 0 aliphatic rings. The maximum Gasteiger partial charge on any atom is 0.0706 e. The average Bonchev–Trinajstić information content (AvgIpc) is 2.20. The average molecular weight is 198 g/mol. The molecule has 2 nitrogen and oxygen atoms in total. The van der Waals surface area contributed by atoms with Crippen molar-refractivity contribution >= 4 is 5.69 Å². The van der Waals surface area contributed by atoms with Crippen LogP contribution < -0.4 is 5.73 Å². The van der Waals surface area contributed by atoms with Crippen LogP contribution in [0.25, 0.3) is 11.3 Å². The zero-order valence-electron chi connectivity index (χ0n) is 8.99. The molecular formula is C13H14N2. The van der Waals surface area contributed by atoms with Gasteiger partial charge in [-0.15, -0.1) is 0 Å². The highest BCUT2D eigenvalue weighted by Crippen LogP contribution is 2.22. The summed E-state index contributed by atoms with van der Waals surface area (Å²) >= 11 is 0. The first-order chi connectivity index (χ1) is 7.16. The Hall–Kier alpha value is -1.83. The Balaban J connectivity index is 2.49. The molecule has 0 bridgehead atoms. The molecular weight excluding hydrogens is 184 g/mol. The predicted octanol–water partition coefficient (Wildman–Crippen LogP) is 2.95. The van der Waals surface area contributed by atoms with Gasteiger partial charge in [0.05, 0.1) is 17.6 Å². The van der Waals surface area contributed by atoms with E-state index in [0.717, 1.165) is 5.69 Å². The maximum absolute atomic E-state index is 5.60. The Kier molecular flexibility index (Phi) is 2.42. The lowest BCUT2D eigenvalue weighted by molar-refractivity contribution is 1.30. The monoisotopic (exact) mass is 198 g/mol. The zero-order valence-corrected chi connectivity index (χ0v) is 8.99. The molecule has 0 saturated heterocycles. The first kappa shape index (κ1) is 9.71. The molecule has 76 valence electrons. The van der Waals surface area contributed by atoms with Gasteiger partial charge in [0.1, 0.15) is 0 Å². The highest BCUT2D eigenvalue weighted by Gasteiger charge is 2.02. The van der Waals surface area contributed by atoms with Crippen LogP contribution in [0, 0.1) is 13.8 Å². The van der Waals surface area contributed by atoms with Crippen LogP contribution in [0.1, 0.15) is 11.1 Å². The van der Waals surface area contributed by atoms with Gasteiger partial charge in [-0.05, 0) is 31.5 Å². The van der Waals surface area contributed by atoms with Crippen molar-refractivity contribution < 1.29 is 0 Å². The van der Waals surface area contributed by atoms with E-state index in [1.807, 2.05) is 12.1 Å². The van der Waals surface area contributed by atoms with E-state index < -0.39 is 0 Å². The second-order valence-corrected chi connectivity index (χ2v) is 3.80. The minimum atomic E-state index is 0.698. The molecule has 0 radical (unpaired) electrons. The minimum Gasteiger partial charge on any atom is -0.397 e. The third kappa shape index (κ3) is 1.99. The van der Waals surface area contributed by atoms with Crippen molar-refractivity contribution in [1.29, 1.82) is 0 Å². The molecule has 2 rings (SSSR count). The van der Waals surface area contributed by atoms with E-state index in [4.69, 9.17) is 5.73 Å². The third-order valence-corrected chi connectivity index (χ3v) is 2.44. The molecule has 1 aromatic carbocycles. The van der Waals surface area contributed by atoms with Crippen LogP contribution in [-0.4, -0.2) is 4.98 Å². The zero-order chi connectivity index (χ0) is 10.8. The second kappa shape index (κ2) is 3.73. The molecule has 1 heterocycles. The lowest BCUT2D eigenvalue weighted by Gasteiger charge is -2.06. The van der Waals surface area contributed by atoms with Crippen LogP contribution in [0.5, 0.6) is 0 Å². The fraction of sp³-hybridized carbons (Fsp3) is 0.154. The van der Waals surface area contributed by atoms with Gasteiger partial charge in [-0.2, -0.15) is 0 Å². The SMILES string of the molecule is Cc1ccc(-c2ccc(N)cn2)c(C)c1. The van der Waals surface area contributed by atoms with Gasteiger partial charge in [0.2, 0.25) is 0 Å². The summed E-state index contributed by atoms with van der Waals surface area (Å²) in [6.07, 6.45) is 1.69. The molecule has 15 heavy (non-hydrogen) atoms. The van der Waals surface area contributed by atoms with E-state index in [0.29, 0.717) is 5.69 Å². The van der Waals surface area contributed by atoms with Crippen LogP contribution in [0.15, 0.2) is 36.5 Å². The molecule has 0 saturated carbocycles. The topological polar surface area (TPSA) is 38.9 Å². The summed E-state index contributed by atoms with van der Waals surface area (Å²) in [6.45, 7) is 4.19. The minimum absolute atomic E-state index is 0.698. The van der Waals surface area contributed by atoms with E-state index in [9.17, 15) is 0 Å². The Morgan fingerprint density at radius 1 is 1.07 bits per heavy atom. The number of nitrogens with zero attached hydrogens (tertiary/aromatic N) is 1. The summed E-state index contributed by atoms with van der Waals surface area (Å²) in [4.78, 5) is 4.31. The highest BCUT2D eigenvalue weighted by atomic mass is 14.7. The number of hydrogen-bond donors (Lipinski definition) is 1. The number of nitrogen functional groups attached to an aromatic ring is 1. The molecule has 1 aromatic heterocycles. The molecule has 0 fully saturated rings. The molecule has 0 aliphatic heterocycles. The van der Waals surface area contributed by atoms with Gasteiger partial charge < -0.3 is 5.73 Å². The Labute approximate surface area is 89.8 Å². The molecule has 2 aromatic rings. The highest BCUT2D eigenvalue weighted by molar-refractivity contribution is 5.64. The second-order valence-electron chi connectivity index (χ2n) is 3.80. The molecule has 2 N–H and O–H groups in total. The van der Waals surface area contributed by atoms with Crippen LogP contribution in [0.2, 0.25) is 0 Å². The van der Waals surface area contributed by atoms with Crippen molar-refractivity contribution in [3.63, 3.8) is 0 Å². The van der Waals surface area contributed by atoms with Gasteiger partial charge in [0, 0.05) is 5.56 Å². The summed E-state index contributed by atoms with van der Waals surface area (Å²) in [7, 11) is 0. The Morgan fingerprint density at radius 3 is 2.47 bits per heavy atom. The standard InChI is InChI=1S/C13H14N2/c1-9-3-5-12(10(2)7-9)13-6-4-11(14)8-15-13/h3-8H,14H2,1-2H3. The molecule has 0 spiro atoms. The number of hydrogen-bond acceptors (Lipinski definition) is 2. The van der Waals surface area contributed by atoms with Crippen LogP contribution >= 0.6 is 0 Å². The van der Waals surface area contributed by atoms with E-state index in [2.05, 4.69) is 37.0 Å². The van der Waals surface area contributed by atoms with E-state index in [1.165, 1.54) is 16.7 Å². The van der Waals surface area contributed by atoms with Crippen LogP contribution in [0.4, 0.5) is 5.69 Å². The van der Waals surface area contributed by atoms with Gasteiger partial charge in [0.15, 0.2) is 0 Å². The lowest BCUT2D eigenvalue weighted by Crippen LogP contribution is -1.90. The number of anilines is 1. The van der Waals surface area contributed by atoms with Crippen molar-refractivity contribution in [3.05, 3.63) is 47.7 Å². The summed E-state index contributed by atoms with van der Waals surface area (Å²) in [6, 6.07) is 10.2. The third-order valence-electron chi connectivity index (χ3n) is 2.44. The number of nitrogens with two attached hydrogens (primary N) is 1. The van der Waals surface area contributed by atoms with E-state index in [-0.39, 0.29) is 0 Å². The van der Waals surface area contributed by atoms with Gasteiger partial charge in [-0.1, -0.05) is 23.8 Å². The Bertz CT molecular complexity index is 472. The molecule has 0 atom stereocenters. The maximum atomic E-state index is 5.60. The van der Waals surface area contributed by atoms with Gasteiger partial charge in [0.25, 0.3) is 0 Å². The summed E-state index contributed by atoms with van der Waals surface area (Å²) in [5, 5.41) is 0. The van der Waals surface area contributed by atoms with Crippen molar-refractivity contribution in [1.82, 2.24) is 4.98 Å². The van der Waals surface area contributed by atoms with Crippen LogP contribution in [-0.2, 0) is 0 Å². The van der Waals surface area contributed by atoms with Crippen molar-refractivity contribution in [2.75, 3.05) is 5.73 Å². The number of rotatable bonds is 1. The van der Waals surface area contributed by atoms with Crippen molar-refractivity contribution in [2.24, 2.45) is 0 Å². The first-order valence-electron chi connectivity index (χ1n) is 4.96. The fourth-order valence-electron chi connectivity index (χ4n) is 1.67. The molecule has 2 heteroatoms.